The Morgan fingerprint density at radius 2 is 2.30 bits per heavy atom. The third-order valence-corrected chi connectivity index (χ3v) is 4.21. The number of nitrogens with one attached hydrogen (secondary N) is 1. The summed E-state index contributed by atoms with van der Waals surface area (Å²) in [6, 6.07) is 4.26. The van der Waals surface area contributed by atoms with Crippen LogP contribution in [0.5, 0.6) is 5.75 Å². The number of nitrogens with zero attached hydrogens (tertiary/aromatic N) is 2. The SMILES string of the molecule is COc1cc(Cl)c(C)cc1-n1cncc1C1CCCN1. The van der Waals surface area contributed by atoms with Gasteiger partial charge in [0.25, 0.3) is 0 Å². The Morgan fingerprint density at radius 3 is 3.00 bits per heavy atom. The lowest BCUT2D eigenvalue weighted by atomic mass is 10.1. The third-order valence-electron chi connectivity index (χ3n) is 3.80. The second-order valence-corrected chi connectivity index (χ2v) is 5.52. The summed E-state index contributed by atoms with van der Waals surface area (Å²) in [5.41, 5.74) is 3.18. The van der Waals surface area contributed by atoms with Crippen LogP contribution in [0.3, 0.4) is 0 Å². The van der Waals surface area contributed by atoms with E-state index in [0.29, 0.717) is 11.1 Å². The van der Waals surface area contributed by atoms with Crippen LogP contribution in [0, 0.1) is 6.92 Å². The molecule has 1 atom stereocenters. The predicted molar refractivity (Wildman–Crippen MR) is 79.8 cm³/mol. The van der Waals surface area contributed by atoms with Crippen LogP contribution in [0.15, 0.2) is 24.7 Å². The number of halogens is 1. The van der Waals surface area contributed by atoms with E-state index in [1.165, 1.54) is 12.1 Å². The molecule has 4 nitrogen and oxygen atoms in total. The molecule has 1 saturated heterocycles. The van der Waals surface area contributed by atoms with Crippen molar-refractivity contribution in [2.45, 2.75) is 25.8 Å². The van der Waals surface area contributed by atoms with Gasteiger partial charge in [0.05, 0.1) is 31.0 Å². The van der Waals surface area contributed by atoms with E-state index in [2.05, 4.69) is 14.9 Å². The molecule has 0 amide bonds. The maximum atomic E-state index is 6.18. The van der Waals surface area contributed by atoms with Gasteiger partial charge in [-0.15, -0.1) is 0 Å². The van der Waals surface area contributed by atoms with E-state index < -0.39 is 0 Å². The van der Waals surface area contributed by atoms with Crippen LogP contribution in [0.4, 0.5) is 0 Å². The normalized spacial score (nSPS) is 18.4. The summed E-state index contributed by atoms with van der Waals surface area (Å²) in [5.74, 6) is 0.762. The highest BCUT2D eigenvalue weighted by Crippen LogP contribution is 2.33. The first-order valence-corrected chi connectivity index (χ1v) is 7.18. The van der Waals surface area contributed by atoms with Gasteiger partial charge >= 0.3 is 0 Å². The van der Waals surface area contributed by atoms with Crippen molar-refractivity contribution in [1.82, 2.24) is 14.9 Å². The molecule has 0 saturated carbocycles. The van der Waals surface area contributed by atoms with E-state index in [1.54, 1.807) is 7.11 Å². The average molecular weight is 292 g/mol. The lowest BCUT2D eigenvalue weighted by Crippen LogP contribution is -2.16. The molecule has 2 aromatic rings. The zero-order valence-corrected chi connectivity index (χ0v) is 12.4. The van der Waals surface area contributed by atoms with E-state index in [1.807, 2.05) is 31.6 Å². The van der Waals surface area contributed by atoms with Crippen LogP contribution in [-0.2, 0) is 0 Å². The van der Waals surface area contributed by atoms with E-state index in [4.69, 9.17) is 16.3 Å². The number of hydrogen-bond donors (Lipinski definition) is 1. The molecule has 1 aliphatic rings. The van der Waals surface area contributed by atoms with Crippen LogP contribution in [0.2, 0.25) is 5.02 Å². The Hall–Kier alpha value is -1.52. The number of hydrogen-bond acceptors (Lipinski definition) is 3. The molecular formula is C15H18ClN3O. The second-order valence-electron chi connectivity index (χ2n) is 5.11. The highest BCUT2D eigenvalue weighted by atomic mass is 35.5. The van der Waals surface area contributed by atoms with E-state index >= 15 is 0 Å². The molecule has 1 aromatic carbocycles. The summed E-state index contributed by atoms with van der Waals surface area (Å²) < 4.78 is 7.56. The highest BCUT2D eigenvalue weighted by molar-refractivity contribution is 6.31. The van der Waals surface area contributed by atoms with Crippen molar-refractivity contribution in [1.29, 1.82) is 0 Å². The minimum atomic E-state index is 0.359. The Bertz CT molecular complexity index is 618. The van der Waals surface area contributed by atoms with Crippen LogP contribution < -0.4 is 10.1 Å². The summed E-state index contributed by atoms with van der Waals surface area (Å²) in [5, 5.41) is 4.22. The number of imidazole rings is 1. The molecule has 1 N–H and O–H groups in total. The molecule has 5 heteroatoms. The third kappa shape index (κ3) is 2.30. The van der Waals surface area contributed by atoms with Crippen molar-refractivity contribution >= 4 is 11.6 Å². The summed E-state index contributed by atoms with van der Waals surface area (Å²) in [7, 11) is 1.66. The van der Waals surface area contributed by atoms with E-state index in [0.717, 1.165) is 30.0 Å². The summed E-state index contributed by atoms with van der Waals surface area (Å²) >= 11 is 6.18. The van der Waals surface area contributed by atoms with Crippen molar-refractivity contribution in [3.8, 4) is 11.4 Å². The molecular weight excluding hydrogens is 274 g/mol. The molecule has 3 rings (SSSR count). The summed E-state index contributed by atoms with van der Waals surface area (Å²) in [6.45, 7) is 3.06. The molecule has 0 bridgehead atoms. The number of ether oxygens (including phenoxy) is 1. The molecule has 1 aromatic heterocycles. The van der Waals surface area contributed by atoms with Crippen molar-refractivity contribution in [2.75, 3.05) is 13.7 Å². The first-order chi connectivity index (χ1) is 9.70. The van der Waals surface area contributed by atoms with Gasteiger partial charge in [-0.1, -0.05) is 11.6 Å². The van der Waals surface area contributed by atoms with Crippen LogP contribution in [0.25, 0.3) is 5.69 Å². The van der Waals surface area contributed by atoms with Crippen LogP contribution >= 0.6 is 11.6 Å². The molecule has 1 aliphatic heterocycles. The maximum absolute atomic E-state index is 6.18. The molecule has 1 fully saturated rings. The predicted octanol–water partition coefficient (Wildman–Crippen LogP) is 3.27. The molecule has 20 heavy (non-hydrogen) atoms. The van der Waals surface area contributed by atoms with Gasteiger partial charge in [0.15, 0.2) is 0 Å². The summed E-state index contributed by atoms with van der Waals surface area (Å²) in [4.78, 5) is 4.31. The minimum absolute atomic E-state index is 0.359. The smallest absolute Gasteiger partial charge is 0.144 e. The van der Waals surface area contributed by atoms with Crippen molar-refractivity contribution in [2.24, 2.45) is 0 Å². The van der Waals surface area contributed by atoms with Gasteiger partial charge in [-0.25, -0.2) is 4.98 Å². The standard InChI is InChI=1S/C15H18ClN3O/c1-10-6-13(15(20-2)7-11(10)16)19-9-17-8-14(19)12-4-3-5-18-12/h6-9,12,18H,3-5H2,1-2H3. The number of methoxy groups -OCH3 is 1. The Labute approximate surface area is 123 Å². The Morgan fingerprint density at radius 1 is 1.45 bits per heavy atom. The molecule has 0 radical (unpaired) electrons. The van der Waals surface area contributed by atoms with Crippen LogP contribution in [-0.4, -0.2) is 23.2 Å². The Balaban J connectivity index is 2.09. The minimum Gasteiger partial charge on any atom is -0.495 e. The van der Waals surface area contributed by atoms with Gasteiger partial charge in [-0.2, -0.15) is 0 Å². The van der Waals surface area contributed by atoms with Gasteiger partial charge in [-0.3, -0.25) is 4.57 Å². The number of benzene rings is 1. The van der Waals surface area contributed by atoms with Gasteiger partial charge in [-0.05, 0) is 37.9 Å². The van der Waals surface area contributed by atoms with E-state index in [-0.39, 0.29) is 0 Å². The Kier molecular flexibility index (Phi) is 3.68. The first-order valence-electron chi connectivity index (χ1n) is 6.81. The molecule has 0 aliphatic carbocycles. The highest BCUT2D eigenvalue weighted by Gasteiger charge is 2.21. The molecule has 1 unspecified atom stereocenters. The fourth-order valence-electron chi connectivity index (χ4n) is 2.70. The van der Waals surface area contributed by atoms with Crippen molar-refractivity contribution in [3.63, 3.8) is 0 Å². The zero-order valence-electron chi connectivity index (χ0n) is 11.7. The lowest BCUT2D eigenvalue weighted by molar-refractivity contribution is 0.412. The largest absolute Gasteiger partial charge is 0.495 e. The zero-order chi connectivity index (χ0) is 14.1. The maximum Gasteiger partial charge on any atom is 0.144 e. The average Bonchev–Trinajstić information content (AvgIpc) is 3.10. The number of aryl methyl sites for hydroxylation is 1. The number of aromatic nitrogens is 2. The van der Waals surface area contributed by atoms with Crippen molar-refractivity contribution in [3.05, 3.63) is 40.9 Å². The van der Waals surface area contributed by atoms with Crippen LogP contribution in [0.1, 0.15) is 30.1 Å². The van der Waals surface area contributed by atoms with Crippen molar-refractivity contribution < 1.29 is 4.74 Å². The monoisotopic (exact) mass is 291 g/mol. The van der Waals surface area contributed by atoms with Gasteiger partial charge in [0.1, 0.15) is 5.75 Å². The molecule has 2 heterocycles. The van der Waals surface area contributed by atoms with Gasteiger partial charge < -0.3 is 10.1 Å². The topological polar surface area (TPSA) is 39.1 Å². The van der Waals surface area contributed by atoms with E-state index in [9.17, 15) is 0 Å². The summed E-state index contributed by atoms with van der Waals surface area (Å²) in [6.07, 6.45) is 6.10. The fraction of sp³-hybridized carbons (Fsp3) is 0.400. The quantitative estimate of drug-likeness (QED) is 0.943. The molecule has 106 valence electrons. The van der Waals surface area contributed by atoms with Gasteiger partial charge in [0.2, 0.25) is 0 Å². The van der Waals surface area contributed by atoms with Gasteiger partial charge in [0, 0.05) is 17.1 Å². The second kappa shape index (κ2) is 5.46. The number of rotatable bonds is 3. The fourth-order valence-corrected chi connectivity index (χ4v) is 2.85. The molecule has 0 spiro atoms. The first kappa shape index (κ1) is 13.5. The lowest BCUT2D eigenvalue weighted by Gasteiger charge is -2.17.